The smallest absolute Gasteiger partial charge is 0.277 e. The highest BCUT2D eigenvalue weighted by molar-refractivity contribution is 7.80. The number of nitrogens with one attached hydrogen (secondary N) is 2. The maximum absolute atomic E-state index is 12.5. The van der Waals surface area contributed by atoms with Crippen molar-refractivity contribution in [2.24, 2.45) is 0 Å². The highest BCUT2D eigenvalue weighted by Crippen LogP contribution is 2.28. The van der Waals surface area contributed by atoms with Crippen molar-refractivity contribution in [3.8, 4) is 11.5 Å². The third-order valence-electron chi connectivity index (χ3n) is 5.26. The standard InChI is InChI=1S/C24H19N5O6S/c1-13(2)14-6-7-21-20(11-14)26-23(35-21)15-4-3-5-17(8-15)25-24(36)27-22(30)16-9-18(28(31)32)12-19(10-16)29(33)34/h3-13H,1-2H3,(H2,25,27,30,36). The SMILES string of the molecule is CC(C)c1ccc2oc(-c3cccc(NC(=S)NC(=O)c4cc([N+](=O)[O-])cc([N+](=O)[O-])c4)c3)nc2c1. The Morgan fingerprint density at radius 2 is 1.69 bits per heavy atom. The van der Waals surface area contributed by atoms with E-state index < -0.39 is 27.1 Å². The van der Waals surface area contributed by atoms with Crippen molar-refractivity contribution in [2.45, 2.75) is 19.8 Å². The molecule has 4 rings (SSSR count). The minimum Gasteiger partial charge on any atom is -0.436 e. The summed E-state index contributed by atoms with van der Waals surface area (Å²) in [5, 5.41) is 27.2. The zero-order valence-electron chi connectivity index (χ0n) is 19.1. The van der Waals surface area contributed by atoms with Crippen LogP contribution in [0.3, 0.4) is 0 Å². The summed E-state index contributed by atoms with van der Waals surface area (Å²) in [5.41, 5.74) is 2.29. The van der Waals surface area contributed by atoms with Crippen LogP contribution in [0.2, 0.25) is 0 Å². The van der Waals surface area contributed by atoms with Crippen molar-refractivity contribution in [3.63, 3.8) is 0 Å². The molecule has 0 radical (unpaired) electrons. The number of amides is 1. The molecule has 0 atom stereocenters. The average molecular weight is 506 g/mol. The number of rotatable bonds is 6. The van der Waals surface area contributed by atoms with Gasteiger partial charge >= 0.3 is 0 Å². The van der Waals surface area contributed by atoms with Gasteiger partial charge in [0, 0.05) is 23.4 Å². The molecule has 0 aliphatic rings. The summed E-state index contributed by atoms with van der Waals surface area (Å²) in [6, 6.07) is 15.5. The number of aromatic nitrogens is 1. The lowest BCUT2D eigenvalue weighted by molar-refractivity contribution is -0.394. The van der Waals surface area contributed by atoms with E-state index in [2.05, 4.69) is 29.5 Å². The number of nitro benzene ring substituents is 2. The predicted octanol–water partition coefficient (Wildman–Crippen LogP) is 5.56. The summed E-state index contributed by atoms with van der Waals surface area (Å²) in [6.07, 6.45) is 0. The minimum atomic E-state index is -0.838. The van der Waals surface area contributed by atoms with Crippen LogP contribution in [-0.4, -0.2) is 25.9 Å². The van der Waals surface area contributed by atoms with E-state index in [4.69, 9.17) is 16.6 Å². The van der Waals surface area contributed by atoms with Crippen LogP contribution in [0, 0.1) is 20.2 Å². The van der Waals surface area contributed by atoms with Gasteiger partial charge in [-0.3, -0.25) is 30.3 Å². The third-order valence-corrected chi connectivity index (χ3v) is 5.46. The molecule has 4 aromatic rings. The van der Waals surface area contributed by atoms with E-state index >= 15 is 0 Å². The molecule has 3 aromatic carbocycles. The molecular weight excluding hydrogens is 486 g/mol. The van der Waals surface area contributed by atoms with Crippen LogP contribution < -0.4 is 10.6 Å². The summed E-state index contributed by atoms with van der Waals surface area (Å²) in [5.74, 6) is -0.0739. The van der Waals surface area contributed by atoms with E-state index in [0.29, 0.717) is 28.6 Å². The fourth-order valence-electron chi connectivity index (χ4n) is 3.43. The van der Waals surface area contributed by atoms with Gasteiger partial charge < -0.3 is 9.73 Å². The molecule has 1 amide bonds. The molecule has 0 bridgehead atoms. The van der Waals surface area contributed by atoms with Crippen molar-refractivity contribution in [1.82, 2.24) is 10.3 Å². The summed E-state index contributed by atoms with van der Waals surface area (Å²) in [7, 11) is 0. The van der Waals surface area contributed by atoms with E-state index in [9.17, 15) is 25.0 Å². The van der Waals surface area contributed by atoms with E-state index in [1.165, 1.54) is 0 Å². The fraction of sp³-hybridized carbons (Fsp3) is 0.125. The zero-order chi connectivity index (χ0) is 26.0. The molecule has 2 N–H and O–H groups in total. The third kappa shape index (κ3) is 5.33. The van der Waals surface area contributed by atoms with E-state index in [-0.39, 0.29) is 10.7 Å². The van der Waals surface area contributed by atoms with E-state index in [1.807, 2.05) is 24.3 Å². The second-order valence-corrected chi connectivity index (χ2v) is 8.55. The molecule has 0 saturated heterocycles. The monoisotopic (exact) mass is 505 g/mol. The zero-order valence-corrected chi connectivity index (χ0v) is 19.9. The van der Waals surface area contributed by atoms with Crippen molar-refractivity contribution >= 4 is 51.4 Å². The lowest BCUT2D eigenvalue weighted by Gasteiger charge is -2.10. The summed E-state index contributed by atoms with van der Waals surface area (Å²) < 4.78 is 5.88. The minimum absolute atomic E-state index is 0.106. The second kappa shape index (κ2) is 9.88. The maximum Gasteiger partial charge on any atom is 0.277 e. The van der Waals surface area contributed by atoms with Crippen molar-refractivity contribution in [1.29, 1.82) is 0 Å². The molecule has 11 nitrogen and oxygen atoms in total. The summed E-state index contributed by atoms with van der Waals surface area (Å²) in [6.45, 7) is 4.19. The van der Waals surface area contributed by atoms with E-state index in [1.54, 1.807) is 18.2 Å². The van der Waals surface area contributed by atoms with Gasteiger partial charge in [-0.05, 0) is 54.0 Å². The first-order valence-corrected chi connectivity index (χ1v) is 11.1. The van der Waals surface area contributed by atoms with Gasteiger partial charge in [-0.2, -0.15) is 0 Å². The first kappa shape index (κ1) is 24.4. The fourth-order valence-corrected chi connectivity index (χ4v) is 3.64. The van der Waals surface area contributed by atoms with E-state index in [0.717, 1.165) is 29.3 Å². The Morgan fingerprint density at radius 1 is 1.00 bits per heavy atom. The van der Waals surface area contributed by atoms with Gasteiger partial charge in [0.25, 0.3) is 17.3 Å². The Balaban J connectivity index is 1.51. The number of oxazole rings is 1. The first-order valence-electron chi connectivity index (χ1n) is 10.7. The quantitative estimate of drug-likeness (QED) is 0.195. The van der Waals surface area contributed by atoms with Gasteiger partial charge in [-0.15, -0.1) is 0 Å². The molecule has 36 heavy (non-hydrogen) atoms. The van der Waals surface area contributed by atoms with Gasteiger partial charge in [0.05, 0.1) is 21.5 Å². The predicted molar refractivity (Wildman–Crippen MR) is 137 cm³/mol. The number of benzene rings is 3. The number of non-ortho nitro benzene ring substituents is 2. The number of nitro groups is 2. The number of nitrogens with zero attached hydrogens (tertiary/aromatic N) is 3. The number of anilines is 1. The number of hydrogen-bond acceptors (Lipinski definition) is 8. The normalized spacial score (nSPS) is 10.9. The molecular formula is C24H19N5O6S. The van der Waals surface area contributed by atoms with Crippen LogP contribution in [0.5, 0.6) is 0 Å². The van der Waals surface area contributed by atoms with Crippen LogP contribution in [-0.2, 0) is 0 Å². The average Bonchev–Trinajstić information content (AvgIpc) is 3.27. The Kier molecular flexibility index (Phi) is 6.70. The highest BCUT2D eigenvalue weighted by Gasteiger charge is 2.20. The topological polar surface area (TPSA) is 153 Å². The molecule has 0 aliphatic carbocycles. The number of hydrogen-bond donors (Lipinski definition) is 2. The molecule has 0 fully saturated rings. The first-order chi connectivity index (χ1) is 17.1. The number of fused-ring (bicyclic) bond motifs is 1. The van der Waals surface area contributed by atoms with Gasteiger partial charge in [0.2, 0.25) is 5.89 Å². The summed E-state index contributed by atoms with van der Waals surface area (Å²) >= 11 is 5.18. The number of carbonyl (C=O) groups is 1. The molecule has 0 unspecified atom stereocenters. The Morgan fingerprint density at radius 3 is 2.33 bits per heavy atom. The Hall–Kier alpha value is -4.71. The molecule has 0 saturated carbocycles. The lowest BCUT2D eigenvalue weighted by Crippen LogP contribution is -2.34. The van der Waals surface area contributed by atoms with Gasteiger partial charge in [0.15, 0.2) is 10.7 Å². The molecule has 1 aromatic heterocycles. The molecule has 0 aliphatic heterocycles. The van der Waals surface area contributed by atoms with Crippen LogP contribution in [0.15, 0.2) is 65.1 Å². The Bertz CT molecular complexity index is 1500. The van der Waals surface area contributed by atoms with Crippen molar-refractivity contribution in [3.05, 3.63) is 92.0 Å². The molecule has 12 heteroatoms. The van der Waals surface area contributed by atoms with Gasteiger partial charge in [-0.25, -0.2) is 4.98 Å². The Labute approximate surface area is 209 Å². The largest absolute Gasteiger partial charge is 0.436 e. The summed E-state index contributed by atoms with van der Waals surface area (Å²) in [4.78, 5) is 37.6. The van der Waals surface area contributed by atoms with Crippen LogP contribution in [0.25, 0.3) is 22.6 Å². The lowest BCUT2D eigenvalue weighted by atomic mass is 10.0. The van der Waals surface area contributed by atoms with Gasteiger partial charge in [-0.1, -0.05) is 26.0 Å². The number of thiocarbonyl (C=S) groups is 1. The number of carbonyl (C=O) groups excluding carboxylic acids is 1. The van der Waals surface area contributed by atoms with Crippen LogP contribution in [0.4, 0.5) is 17.1 Å². The maximum atomic E-state index is 12.5. The molecule has 182 valence electrons. The van der Waals surface area contributed by atoms with Crippen LogP contribution >= 0.6 is 12.2 Å². The highest BCUT2D eigenvalue weighted by atomic mass is 32.1. The van der Waals surface area contributed by atoms with Gasteiger partial charge in [0.1, 0.15) is 5.52 Å². The molecule has 1 heterocycles. The van der Waals surface area contributed by atoms with Crippen molar-refractivity contribution in [2.75, 3.05) is 5.32 Å². The molecule has 0 spiro atoms. The van der Waals surface area contributed by atoms with Crippen molar-refractivity contribution < 1.29 is 19.1 Å². The van der Waals surface area contributed by atoms with Crippen LogP contribution in [0.1, 0.15) is 35.7 Å². The second-order valence-electron chi connectivity index (χ2n) is 8.14.